The fourth-order valence-corrected chi connectivity index (χ4v) is 3.86. The Balaban J connectivity index is 2.15. The molecule has 92 valence electrons. The summed E-state index contributed by atoms with van der Waals surface area (Å²) in [6, 6.07) is 0. The van der Waals surface area contributed by atoms with Gasteiger partial charge in [0.05, 0.1) is 5.60 Å². The Labute approximate surface area is 99.9 Å². The lowest BCUT2D eigenvalue weighted by atomic mass is 9.55. The first-order chi connectivity index (χ1) is 7.33. The summed E-state index contributed by atoms with van der Waals surface area (Å²) in [7, 11) is 0. The molecule has 1 N–H and O–H groups in total. The maximum absolute atomic E-state index is 10.2. The smallest absolute Gasteiger partial charge is 0.0620 e. The Bertz CT molecular complexity index is 286. The van der Waals surface area contributed by atoms with Crippen LogP contribution in [-0.2, 0) is 0 Å². The van der Waals surface area contributed by atoms with Crippen molar-refractivity contribution in [3.05, 3.63) is 12.2 Å². The van der Waals surface area contributed by atoms with Gasteiger partial charge in [0.2, 0.25) is 0 Å². The average Bonchev–Trinajstić information content (AvgIpc) is 2.15. The molecule has 0 aliphatic heterocycles. The molecule has 0 heterocycles. The Kier molecular flexibility index (Phi) is 2.94. The molecular formula is C15H26O. The highest BCUT2D eigenvalue weighted by Crippen LogP contribution is 2.54. The Morgan fingerprint density at radius 3 is 2.69 bits per heavy atom. The molecule has 0 radical (unpaired) electrons. The zero-order valence-corrected chi connectivity index (χ0v) is 11.1. The Morgan fingerprint density at radius 2 is 2.06 bits per heavy atom. The first kappa shape index (κ1) is 12.2. The van der Waals surface area contributed by atoms with Gasteiger partial charge in [-0.25, -0.2) is 0 Å². The molecule has 0 aromatic carbocycles. The third-order valence-corrected chi connectivity index (χ3v) is 5.16. The molecule has 1 nitrogen and oxygen atoms in total. The van der Waals surface area contributed by atoms with Gasteiger partial charge in [0.1, 0.15) is 0 Å². The molecular weight excluding hydrogens is 196 g/mol. The molecule has 0 bridgehead atoms. The highest BCUT2D eigenvalue weighted by atomic mass is 16.3. The van der Waals surface area contributed by atoms with Gasteiger partial charge in [0.15, 0.2) is 0 Å². The molecule has 1 unspecified atom stereocenters. The summed E-state index contributed by atoms with van der Waals surface area (Å²) in [4.78, 5) is 0. The van der Waals surface area contributed by atoms with Crippen LogP contribution in [0.15, 0.2) is 12.2 Å². The standard InChI is InChI=1S/C15H26O/c1-11-6-5-8-15(4)9-7-12(10-13(11)15)14(2,3)16/h12-13,16H,1,5-10H2,2-4H3/t12-,13?,15-/m0/s1. The second-order valence-corrected chi connectivity index (χ2v) is 6.84. The van der Waals surface area contributed by atoms with Gasteiger partial charge in [-0.15, -0.1) is 0 Å². The van der Waals surface area contributed by atoms with Crippen LogP contribution in [0.5, 0.6) is 0 Å². The van der Waals surface area contributed by atoms with Crippen molar-refractivity contribution in [1.82, 2.24) is 0 Å². The molecule has 2 saturated carbocycles. The summed E-state index contributed by atoms with van der Waals surface area (Å²) in [5.74, 6) is 1.12. The van der Waals surface area contributed by atoms with E-state index in [9.17, 15) is 5.11 Å². The second-order valence-electron chi connectivity index (χ2n) is 6.84. The number of hydrogen-bond donors (Lipinski definition) is 1. The van der Waals surface area contributed by atoms with Gasteiger partial charge in [-0.2, -0.15) is 0 Å². The summed E-state index contributed by atoms with van der Waals surface area (Å²) in [6.45, 7) is 10.6. The largest absolute Gasteiger partial charge is 0.390 e. The third-order valence-electron chi connectivity index (χ3n) is 5.16. The van der Waals surface area contributed by atoms with Crippen molar-refractivity contribution < 1.29 is 5.11 Å². The van der Waals surface area contributed by atoms with Crippen LogP contribution in [0.4, 0.5) is 0 Å². The van der Waals surface area contributed by atoms with E-state index in [0.717, 1.165) is 6.42 Å². The van der Waals surface area contributed by atoms with Crippen LogP contribution in [0.3, 0.4) is 0 Å². The lowest BCUT2D eigenvalue weighted by molar-refractivity contribution is -0.0406. The van der Waals surface area contributed by atoms with Crippen LogP contribution in [0, 0.1) is 17.3 Å². The van der Waals surface area contributed by atoms with E-state index in [1.807, 2.05) is 13.8 Å². The molecule has 2 rings (SSSR count). The lowest BCUT2D eigenvalue weighted by Gasteiger charge is -2.50. The van der Waals surface area contributed by atoms with Crippen molar-refractivity contribution in [1.29, 1.82) is 0 Å². The van der Waals surface area contributed by atoms with Crippen molar-refractivity contribution in [2.75, 3.05) is 0 Å². The van der Waals surface area contributed by atoms with Crippen molar-refractivity contribution >= 4 is 0 Å². The minimum absolute atomic E-state index is 0.459. The topological polar surface area (TPSA) is 20.2 Å². The van der Waals surface area contributed by atoms with Gasteiger partial charge in [-0.1, -0.05) is 19.1 Å². The molecule has 3 atom stereocenters. The van der Waals surface area contributed by atoms with Crippen LogP contribution in [-0.4, -0.2) is 10.7 Å². The van der Waals surface area contributed by atoms with Crippen molar-refractivity contribution in [3.63, 3.8) is 0 Å². The normalized spacial score (nSPS) is 40.6. The SMILES string of the molecule is C=C1CCC[C@@]2(C)CC[C@H](C(C)(C)O)CC12. The summed E-state index contributed by atoms with van der Waals surface area (Å²) < 4.78 is 0. The predicted octanol–water partition coefficient (Wildman–Crippen LogP) is 3.92. The maximum atomic E-state index is 10.2. The molecule has 2 fully saturated rings. The van der Waals surface area contributed by atoms with E-state index in [0.29, 0.717) is 17.3 Å². The number of hydrogen-bond acceptors (Lipinski definition) is 1. The van der Waals surface area contributed by atoms with Gasteiger partial charge in [-0.3, -0.25) is 0 Å². The lowest BCUT2D eigenvalue weighted by Crippen LogP contribution is -2.43. The zero-order chi connectivity index (χ0) is 12.0. The molecule has 0 aromatic rings. The summed E-state index contributed by atoms with van der Waals surface area (Å²) in [5.41, 5.74) is 1.42. The van der Waals surface area contributed by atoms with Crippen molar-refractivity contribution in [3.8, 4) is 0 Å². The molecule has 1 heteroatoms. The van der Waals surface area contributed by atoms with E-state index in [-0.39, 0.29) is 0 Å². The minimum atomic E-state index is -0.515. The third kappa shape index (κ3) is 2.07. The zero-order valence-electron chi connectivity index (χ0n) is 11.1. The Morgan fingerprint density at radius 1 is 1.38 bits per heavy atom. The van der Waals surface area contributed by atoms with E-state index < -0.39 is 5.60 Å². The summed E-state index contributed by atoms with van der Waals surface area (Å²) in [5, 5.41) is 10.2. The van der Waals surface area contributed by atoms with Gasteiger partial charge < -0.3 is 5.11 Å². The van der Waals surface area contributed by atoms with Crippen molar-refractivity contribution in [2.45, 2.75) is 64.9 Å². The molecule has 0 spiro atoms. The number of rotatable bonds is 1. The van der Waals surface area contributed by atoms with E-state index in [1.165, 1.54) is 37.7 Å². The number of allylic oxidation sites excluding steroid dienone is 1. The molecule has 2 aliphatic rings. The van der Waals surface area contributed by atoms with Crippen molar-refractivity contribution in [2.24, 2.45) is 17.3 Å². The van der Waals surface area contributed by atoms with Crippen LogP contribution in [0.2, 0.25) is 0 Å². The average molecular weight is 222 g/mol. The first-order valence-electron chi connectivity index (χ1n) is 6.73. The van der Waals surface area contributed by atoms with E-state index in [4.69, 9.17) is 0 Å². The summed E-state index contributed by atoms with van der Waals surface area (Å²) in [6.07, 6.45) is 7.49. The second kappa shape index (κ2) is 3.87. The monoisotopic (exact) mass is 222 g/mol. The van der Waals surface area contributed by atoms with Crippen LogP contribution < -0.4 is 0 Å². The first-order valence-corrected chi connectivity index (χ1v) is 6.73. The Hall–Kier alpha value is -0.300. The molecule has 0 saturated heterocycles. The van der Waals surface area contributed by atoms with Gasteiger partial charge in [-0.05, 0) is 69.6 Å². The maximum Gasteiger partial charge on any atom is 0.0620 e. The molecule has 0 aromatic heterocycles. The van der Waals surface area contributed by atoms with E-state index in [1.54, 1.807) is 0 Å². The van der Waals surface area contributed by atoms with Crippen LogP contribution in [0.1, 0.15) is 59.3 Å². The predicted molar refractivity (Wildman–Crippen MR) is 68.2 cm³/mol. The van der Waals surface area contributed by atoms with E-state index >= 15 is 0 Å². The van der Waals surface area contributed by atoms with Crippen LogP contribution in [0.25, 0.3) is 0 Å². The molecule has 2 aliphatic carbocycles. The number of fused-ring (bicyclic) bond motifs is 1. The molecule has 16 heavy (non-hydrogen) atoms. The quantitative estimate of drug-likeness (QED) is 0.667. The fourth-order valence-electron chi connectivity index (χ4n) is 3.86. The fraction of sp³-hybridized carbons (Fsp3) is 0.867. The minimum Gasteiger partial charge on any atom is -0.390 e. The number of aliphatic hydroxyl groups is 1. The van der Waals surface area contributed by atoms with Gasteiger partial charge >= 0.3 is 0 Å². The highest BCUT2D eigenvalue weighted by molar-refractivity contribution is 5.13. The van der Waals surface area contributed by atoms with Gasteiger partial charge in [0.25, 0.3) is 0 Å². The highest BCUT2D eigenvalue weighted by Gasteiger charge is 2.45. The van der Waals surface area contributed by atoms with E-state index in [2.05, 4.69) is 13.5 Å². The van der Waals surface area contributed by atoms with Gasteiger partial charge in [0, 0.05) is 0 Å². The molecule has 0 amide bonds. The van der Waals surface area contributed by atoms with Crippen LogP contribution >= 0.6 is 0 Å². The summed E-state index contributed by atoms with van der Waals surface area (Å²) >= 11 is 0.